The third-order valence-corrected chi connectivity index (χ3v) is 9.01. The number of methoxy groups -OCH3 is 4. The van der Waals surface area contributed by atoms with E-state index in [-0.39, 0.29) is 33.8 Å². The standard InChI is InChI=1S/C33H40N4O8S/c1-9-16(2)27(31(40)37-33-36-28(17(3)46-33)32(41)45-8)35-23-13-11-20-21(15-24(23)39)22(34-18(4)38)12-10-19-14-25(42-5)29(43-6)30(44-7)26(19)20/h11,13-16,22,27H,9-10,12H2,1-8H3,(H,34,38)(H,35,39)(H,36,37,40)/t16-,22-,27-/m0/s1. The van der Waals surface area contributed by atoms with Gasteiger partial charge in [0.15, 0.2) is 22.3 Å². The van der Waals surface area contributed by atoms with Crippen LogP contribution in [0, 0.1) is 12.8 Å². The highest BCUT2D eigenvalue weighted by atomic mass is 32.1. The van der Waals surface area contributed by atoms with Gasteiger partial charge in [-0.1, -0.05) is 26.3 Å². The van der Waals surface area contributed by atoms with Crippen LogP contribution in [0.2, 0.25) is 0 Å². The molecule has 1 heterocycles. The van der Waals surface area contributed by atoms with Gasteiger partial charge < -0.3 is 34.9 Å². The molecule has 0 unspecified atom stereocenters. The zero-order valence-electron chi connectivity index (χ0n) is 27.3. The van der Waals surface area contributed by atoms with Gasteiger partial charge in [-0.15, -0.1) is 11.3 Å². The predicted octanol–water partition coefficient (Wildman–Crippen LogP) is 4.88. The third kappa shape index (κ3) is 6.94. The lowest BCUT2D eigenvalue weighted by molar-refractivity contribution is -0.120. The van der Waals surface area contributed by atoms with Crippen molar-refractivity contribution in [1.82, 2.24) is 10.3 Å². The Bertz CT molecular complexity index is 1710. The molecule has 0 saturated carbocycles. The summed E-state index contributed by atoms with van der Waals surface area (Å²) in [5.74, 6) is -0.0764. The maximum Gasteiger partial charge on any atom is 0.357 e. The van der Waals surface area contributed by atoms with Gasteiger partial charge in [-0.3, -0.25) is 14.4 Å². The predicted molar refractivity (Wildman–Crippen MR) is 176 cm³/mol. The molecule has 46 heavy (non-hydrogen) atoms. The maximum absolute atomic E-state index is 13.9. The van der Waals surface area contributed by atoms with E-state index in [1.165, 1.54) is 34.3 Å². The van der Waals surface area contributed by atoms with Crippen LogP contribution in [-0.2, 0) is 20.7 Å². The Hall–Kier alpha value is -4.65. The summed E-state index contributed by atoms with van der Waals surface area (Å²) in [4.78, 5) is 56.6. The van der Waals surface area contributed by atoms with E-state index in [0.29, 0.717) is 52.5 Å². The summed E-state index contributed by atoms with van der Waals surface area (Å²) < 4.78 is 21.9. The summed E-state index contributed by atoms with van der Waals surface area (Å²) in [6, 6.07) is 5.54. The largest absolute Gasteiger partial charge is 0.493 e. The molecule has 3 aromatic rings. The topological polar surface area (TPSA) is 154 Å². The van der Waals surface area contributed by atoms with Crippen LogP contribution < -0.4 is 35.6 Å². The van der Waals surface area contributed by atoms with Gasteiger partial charge >= 0.3 is 5.97 Å². The Morgan fingerprint density at radius 3 is 2.39 bits per heavy atom. The van der Waals surface area contributed by atoms with Crippen molar-refractivity contribution in [3.63, 3.8) is 0 Å². The molecular weight excluding hydrogens is 612 g/mol. The zero-order valence-corrected chi connectivity index (χ0v) is 28.1. The monoisotopic (exact) mass is 652 g/mol. The molecular formula is C33H40N4O8S. The van der Waals surface area contributed by atoms with E-state index >= 15 is 0 Å². The first-order valence-corrected chi connectivity index (χ1v) is 15.7. The van der Waals surface area contributed by atoms with E-state index in [2.05, 4.69) is 20.9 Å². The SMILES string of the molecule is CC[C@H](C)[C@H](Nc1ccc2c(cc1=O)[C@@H](NC(C)=O)CCc1cc(OC)c(OC)c(OC)c1-2)C(=O)Nc1nc(C(=O)OC)c(C)s1. The number of hydrogen-bond acceptors (Lipinski definition) is 11. The number of amides is 2. The number of hydrogen-bond donors (Lipinski definition) is 3. The van der Waals surface area contributed by atoms with Crippen molar-refractivity contribution < 1.29 is 33.3 Å². The Morgan fingerprint density at radius 1 is 1.07 bits per heavy atom. The Balaban J connectivity index is 1.83. The van der Waals surface area contributed by atoms with Gasteiger partial charge in [0, 0.05) is 17.4 Å². The van der Waals surface area contributed by atoms with Gasteiger partial charge in [0.1, 0.15) is 6.04 Å². The molecule has 0 bridgehead atoms. The molecule has 1 aliphatic carbocycles. The lowest BCUT2D eigenvalue weighted by Gasteiger charge is -2.23. The highest BCUT2D eigenvalue weighted by Gasteiger charge is 2.31. The molecule has 0 spiro atoms. The molecule has 3 atom stereocenters. The summed E-state index contributed by atoms with van der Waals surface area (Å²) in [5.41, 5.74) is 2.87. The van der Waals surface area contributed by atoms with E-state index in [9.17, 15) is 19.2 Å². The molecule has 1 aliphatic rings. The minimum atomic E-state index is -0.817. The summed E-state index contributed by atoms with van der Waals surface area (Å²) in [6.45, 7) is 7.00. The van der Waals surface area contributed by atoms with Gasteiger partial charge in [0.2, 0.25) is 23.0 Å². The molecule has 3 N–H and O–H groups in total. The van der Waals surface area contributed by atoms with Crippen LogP contribution in [0.4, 0.5) is 10.8 Å². The van der Waals surface area contributed by atoms with Crippen molar-refractivity contribution in [1.29, 1.82) is 0 Å². The average Bonchev–Trinajstić information content (AvgIpc) is 3.24. The van der Waals surface area contributed by atoms with Crippen LogP contribution in [0.5, 0.6) is 17.2 Å². The van der Waals surface area contributed by atoms with E-state index in [4.69, 9.17) is 18.9 Å². The fourth-order valence-electron chi connectivity index (χ4n) is 5.62. The number of anilines is 2. The quantitative estimate of drug-likeness (QED) is 0.244. The number of thiazole rings is 1. The number of carbonyl (C=O) groups excluding carboxylic acids is 3. The third-order valence-electron chi connectivity index (χ3n) is 8.13. The molecule has 12 nitrogen and oxygen atoms in total. The Labute approximate surface area is 271 Å². The van der Waals surface area contributed by atoms with Gasteiger partial charge in [0.25, 0.3) is 0 Å². The lowest BCUT2D eigenvalue weighted by atomic mass is 9.95. The smallest absolute Gasteiger partial charge is 0.357 e. The van der Waals surface area contributed by atoms with Gasteiger partial charge in [0.05, 0.1) is 40.2 Å². The van der Waals surface area contributed by atoms with Crippen LogP contribution in [-0.4, -0.2) is 57.2 Å². The van der Waals surface area contributed by atoms with E-state index < -0.39 is 24.0 Å². The molecule has 0 saturated heterocycles. The summed E-state index contributed by atoms with van der Waals surface area (Å²) in [5, 5.41) is 9.22. The first-order valence-electron chi connectivity index (χ1n) is 14.9. The zero-order chi connectivity index (χ0) is 33.7. The highest BCUT2D eigenvalue weighted by molar-refractivity contribution is 7.16. The number of benzene rings is 1. The van der Waals surface area contributed by atoms with Crippen LogP contribution in [0.25, 0.3) is 11.1 Å². The molecule has 0 aliphatic heterocycles. The molecule has 2 amide bonds. The van der Waals surface area contributed by atoms with Crippen LogP contribution in [0.15, 0.2) is 29.1 Å². The molecule has 1 aromatic heterocycles. The van der Waals surface area contributed by atoms with Gasteiger partial charge in [-0.2, -0.15) is 0 Å². The van der Waals surface area contributed by atoms with Crippen molar-refractivity contribution in [2.45, 2.75) is 59.0 Å². The fraction of sp³-hybridized carbons (Fsp3) is 0.424. The summed E-state index contributed by atoms with van der Waals surface area (Å²) in [7, 11) is 5.88. The summed E-state index contributed by atoms with van der Waals surface area (Å²) in [6.07, 6.45) is 1.72. The second kappa shape index (κ2) is 14.6. The second-order valence-corrected chi connectivity index (χ2v) is 12.2. The normalized spacial score (nSPS) is 14.8. The number of ether oxygens (including phenoxy) is 4. The number of nitrogens with one attached hydrogen (secondary N) is 3. The molecule has 2 aromatic carbocycles. The van der Waals surface area contributed by atoms with Crippen LogP contribution in [0.3, 0.4) is 0 Å². The number of aryl methyl sites for hydroxylation is 2. The number of fused-ring (bicyclic) bond motifs is 3. The number of esters is 1. The number of nitrogens with zero attached hydrogens (tertiary/aromatic N) is 1. The van der Waals surface area contributed by atoms with Crippen molar-refractivity contribution >= 4 is 39.9 Å². The lowest BCUT2D eigenvalue weighted by Crippen LogP contribution is -2.40. The van der Waals surface area contributed by atoms with E-state index in [1.54, 1.807) is 26.2 Å². The van der Waals surface area contributed by atoms with Crippen LogP contribution >= 0.6 is 11.3 Å². The Morgan fingerprint density at radius 2 is 1.78 bits per heavy atom. The van der Waals surface area contributed by atoms with Crippen molar-refractivity contribution in [3.8, 4) is 28.4 Å². The fourth-order valence-corrected chi connectivity index (χ4v) is 6.42. The number of aromatic nitrogens is 1. The van der Waals surface area contributed by atoms with Crippen molar-refractivity contribution in [2.24, 2.45) is 5.92 Å². The first kappa shape index (κ1) is 34.2. The molecule has 13 heteroatoms. The minimum absolute atomic E-state index is 0.132. The highest BCUT2D eigenvalue weighted by Crippen LogP contribution is 2.50. The molecule has 0 fully saturated rings. The van der Waals surface area contributed by atoms with Crippen LogP contribution in [0.1, 0.15) is 66.1 Å². The van der Waals surface area contributed by atoms with Crippen molar-refractivity contribution in [3.05, 3.63) is 56.2 Å². The number of rotatable bonds is 11. The second-order valence-electron chi connectivity index (χ2n) is 11.0. The molecule has 246 valence electrons. The molecule has 0 radical (unpaired) electrons. The van der Waals surface area contributed by atoms with E-state index in [0.717, 1.165) is 22.5 Å². The van der Waals surface area contributed by atoms with Gasteiger partial charge in [-0.25, -0.2) is 9.78 Å². The van der Waals surface area contributed by atoms with E-state index in [1.807, 2.05) is 19.9 Å². The molecule has 4 rings (SSSR count). The van der Waals surface area contributed by atoms with Gasteiger partial charge in [-0.05, 0) is 60.6 Å². The first-order chi connectivity index (χ1) is 22.0. The van der Waals surface area contributed by atoms with Crippen molar-refractivity contribution in [2.75, 3.05) is 39.1 Å². The number of carbonyl (C=O) groups is 3. The average molecular weight is 653 g/mol. The minimum Gasteiger partial charge on any atom is -0.493 e. The summed E-state index contributed by atoms with van der Waals surface area (Å²) >= 11 is 1.16. The Kier molecular flexibility index (Phi) is 10.9. The maximum atomic E-state index is 13.9.